The minimum Gasteiger partial charge on any atom is -0.140 e. The van der Waals surface area contributed by atoms with Gasteiger partial charge in [-0.2, -0.15) is 0 Å². The molecule has 0 aliphatic carbocycles. The summed E-state index contributed by atoms with van der Waals surface area (Å²) in [4.78, 5) is 1.54. The van der Waals surface area contributed by atoms with E-state index >= 15 is 0 Å². The summed E-state index contributed by atoms with van der Waals surface area (Å²) >= 11 is 1.98. The zero-order chi connectivity index (χ0) is 10.1. The Morgan fingerprint density at radius 3 is 2.57 bits per heavy atom. The summed E-state index contributed by atoms with van der Waals surface area (Å²) in [6.07, 6.45) is 2.30. The summed E-state index contributed by atoms with van der Waals surface area (Å²) in [6.45, 7) is 6.72. The molecule has 0 aliphatic heterocycles. The molecule has 0 bridgehead atoms. The van der Waals surface area contributed by atoms with Crippen molar-refractivity contribution in [3.8, 4) is 0 Å². The largest absolute Gasteiger partial charge is 0.140 e. The lowest BCUT2D eigenvalue weighted by Crippen LogP contribution is -1.79. The summed E-state index contributed by atoms with van der Waals surface area (Å²) in [6, 6.07) is 6.68. The maximum Gasteiger partial charge on any atom is 0.0380 e. The normalized spacial score (nSPS) is 11.1. The lowest BCUT2D eigenvalue weighted by atomic mass is 10.1. The van der Waals surface area contributed by atoms with Crippen molar-refractivity contribution in [3.05, 3.63) is 34.2 Å². The van der Waals surface area contributed by atoms with Crippen molar-refractivity contribution in [3.63, 3.8) is 0 Å². The Bertz CT molecular complexity index is 451. The third-order valence-electron chi connectivity index (χ3n) is 2.85. The molecular formula is C13H16S. The van der Waals surface area contributed by atoms with E-state index in [0.29, 0.717) is 0 Å². The van der Waals surface area contributed by atoms with E-state index in [1.54, 1.807) is 4.88 Å². The van der Waals surface area contributed by atoms with Gasteiger partial charge in [0, 0.05) is 9.58 Å². The van der Waals surface area contributed by atoms with Crippen LogP contribution in [0.2, 0.25) is 0 Å². The molecule has 0 N–H and O–H groups in total. The SMILES string of the molecule is CCc1sc2c(CC)cccc2c1C. The molecule has 1 heteroatoms. The number of thiophene rings is 1. The molecule has 0 spiro atoms. The van der Waals surface area contributed by atoms with Crippen LogP contribution in [0.4, 0.5) is 0 Å². The Morgan fingerprint density at radius 1 is 1.14 bits per heavy atom. The third-order valence-corrected chi connectivity index (χ3v) is 4.37. The van der Waals surface area contributed by atoms with Crippen molar-refractivity contribution >= 4 is 21.4 Å². The first kappa shape index (κ1) is 9.72. The fraction of sp³-hybridized carbons (Fsp3) is 0.385. The number of fused-ring (bicyclic) bond motifs is 1. The van der Waals surface area contributed by atoms with Crippen LogP contribution >= 0.6 is 11.3 Å². The summed E-state index contributed by atoms with van der Waals surface area (Å²) in [5, 5.41) is 1.46. The van der Waals surface area contributed by atoms with Gasteiger partial charge in [0.25, 0.3) is 0 Å². The molecular weight excluding hydrogens is 188 g/mol. The smallest absolute Gasteiger partial charge is 0.0380 e. The number of benzene rings is 1. The van der Waals surface area contributed by atoms with E-state index < -0.39 is 0 Å². The van der Waals surface area contributed by atoms with Crippen LogP contribution in [0, 0.1) is 6.92 Å². The van der Waals surface area contributed by atoms with Crippen LogP contribution in [-0.2, 0) is 12.8 Å². The molecule has 0 atom stereocenters. The van der Waals surface area contributed by atoms with Crippen LogP contribution in [0.15, 0.2) is 18.2 Å². The second-order valence-electron chi connectivity index (χ2n) is 3.65. The standard InChI is InChI=1S/C13H16S/c1-4-10-7-6-8-11-9(3)12(5-2)14-13(10)11/h6-8H,4-5H2,1-3H3. The molecule has 1 aromatic carbocycles. The van der Waals surface area contributed by atoms with Crippen molar-refractivity contribution in [1.82, 2.24) is 0 Å². The fourth-order valence-electron chi connectivity index (χ4n) is 1.97. The highest BCUT2D eigenvalue weighted by Crippen LogP contribution is 2.33. The van der Waals surface area contributed by atoms with Crippen molar-refractivity contribution in [2.45, 2.75) is 33.6 Å². The molecule has 1 aromatic heterocycles. The molecule has 0 amide bonds. The van der Waals surface area contributed by atoms with Crippen LogP contribution in [0.1, 0.15) is 29.9 Å². The van der Waals surface area contributed by atoms with E-state index in [2.05, 4.69) is 39.0 Å². The minimum atomic E-state index is 1.14. The van der Waals surface area contributed by atoms with Gasteiger partial charge in [-0.1, -0.05) is 32.0 Å². The van der Waals surface area contributed by atoms with Gasteiger partial charge in [-0.3, -0.25) is 0 Å². The first-order valence-corrected chi connectivity index (χ1v) is 6.09. The zero-order valence-electron chi connectivity index (χ0n) is 9.05. The van der Waals surface area contributed by atoms with E-state index in [-0.39, 0.29) is 0 Å². The van der Waals surface area contributed by atoms with Gasteiger partial charge in [0.2, 0.25) is 0 Å². The van der Waals surface area contributed by atoms with Gasteiger partial charge in [0.05, 0.1) is 0 Å². The Labute approximate surface area is 89.6 Å². The number of hydrogen-bond donors (Lipinski definition) is 0. The summed E-state index contributed by atoms with van der Waals surface area (Å²) < 4.78 is 1.50. The van der Waals surface area contributed by atoms with E-state index in [4.69, 9.17) is 0 Å². The minimum absolute atomic E-state index is 1.14. The lowest BCUT2D eigenvalue weighted by molar-refractivity contribution is 1.16. The molecule has 0 unspecified atom stereocenters. The second kappa shape index (κ2) is 3.74. The maximum atomic E-state index is 2.25. The van der Waals surface area contributed by atoms with Crippen LogP contribution in [-0.4, -0.2) is 0 Å². The molecule has 0 aliphatic rings. The van der Waals surface area contributed by atoms with Crippen molar-refractivity contribution < 1.29 is 0 Å². The number of hydrogen-bond acceptors (Lipinski definition) is 1. The van der Waals surface area contributed by atoms with Crippen molar-refractivity contribution in [2.24, 2.45) is 0 Å². The topological polar surface area (TPSA) is 0 Å². The molecule has 74 valence electrons. The molecule has 14 heavy (non-hydrogen) atoms. The predicted molar refractivity (Wildman–Crippen MR) is 65.3 cm³/mol. The highest BCUT2D eigenvalue weighted by Gasteiger charge is 2.08. The van der Waals surface area contributed by atoms with E-state index in [0.717, 1.165) is 12.8 Å². The van der Waals surface area contributed by atoms with E-state index in [1.807, 2.05) is 11.3 Å². The van der Waals surface area contributed by atoms with Gasteiger partial charge >= 0.3 is 0 Å². The van der Waals surface area contributed by atoms with Crippen LogP contribution in [0.25, 0.3) is 10.1 Å². The first-order valence-electron chi connectivity index (χ1n) is 5.27. The third kappa shape index (κ3) is 1.36. The highest BCUT2D eigenvalue weighted by atomic mass is 32.1. The average molecular weight is 204 g/mol. The summed E-state index contributed by atoms with van der Waals surface area (Å²) in [7, 11) is 0. The molecule has 0 fully saturated rings. The fourth-order valence-corrected chi connectivity index (χ4v) is 3.29. The zero-order valence-corrected chi connectivity index (χ0v) is 9.87. The van der Waals surface area contributed by atoms with E-state index in [9.17, 15) is 0 Å². The molecule has 0 saturated carbocycles. The van der Waals surface area contributed by atoms with Crippen molar-refractivity contribution in [1.29, 1.82) is 0 Å². The summed E-state index contributed by atoms with van der Waals surface area (Å²) in [5.74, 6) is 0. The molecule has 0 nitrogen and oxygen atoms in total. The average Bonchev–Trinajstić information content (AvgIpc) is 2.55. The number of rotatable bonds is 2. The predicted octanol–water partition coefficient (Wildman–Crippen LogP) is 4.33. The van der Waals surface area contributed by atoms with Crippen LogP contribution < -0.4 is 0 Å². The second-order valence-corrected chi connectivity index (χ2v) is 4.76. The van der Waals surface area contributed by atoms with Gasteiger partial charge in [-0.15, -0.1) is 11.3 Å². The Kier molecular flexibility index (Phi) is 2.60. The van der Waals surface area contributed by atoms with Crippen LogP contribution in [0.5, 0.6) is 0 Å². The quantitative estimate of drug-likeness (QED) is 0.683. The first-order chi connectivity index (χ1) is 6.77. The lowest BCUT2D eigenvalue weighted by Gasteiger charge is -1.97. The van der Waals surface area contributed by atoms with Crippen molar-refractivity contribution in [2.75, 3.05) is 0 Å². The summed E-state index contributed by atoms with van der Waals surface area (Å²) in [5.41, 5.74) is 2.98. The van der Waals surface area contributed by atoms with Gasteiger partial charge in [0.15, 0.2) is 0 Å². The van der Waals surface area contributed by atoms with Gasteiger partial charge in [0.1, 0.15) is 0 Å². The Hall–Kier alpha value is -0.820. The van der Waals surface area contributed by atoms with Gasteiger partial charge < -0.3 is 0 Å². The Balaban J connectivity index is 2.77. The monoisotopic (exact) mass is 204 g/mol. The molecule has 2 aromatic rings. The molecule has 2 rings (SSSR count). The number of aryl methyl sites for hydroxylation is 3. The van der Waals surface area contributed by atoms with E-state index in [1.165, 1.54) is 21.2 Å². The highest BCUT2D eigenvalue weighted by molar-refractivity contribution is 7.19. The molecule has 1 heterocycles. The van der Waals surface area contributed by atoms with Gasteiger partial charge in [-0.25, -0.2) is 0 Å². The maximum absolute atomic E-state index is 2.25. The molecule has 0 radical (unpaired) electrons. The van der Waals surface area contributed by atoms with Gasteiger partial charge in [-0.05, 0) is 36.3 Å². The molecule has 0 saturated heterocycles. The van der Waals surface area contributed by atoms with Crippen LogP contribution in [0.3, 0.4) is 0 Å². The Morgan fingerprint density at radius 2 is 1.93 bits per heavy atom.